The second-order valence-electron chi connectivity index (χ2n) is 11.5. The molecule has 226 valence electrons. The lowest BCUT2D eigenvalue weighted by Gasteiger charge is -2.38. The summed E-state index contributed by atoms with van der Waals surface area (Å²) in [5, 5.41) is 12.1. The minimum atomic E-state index is -3.76. The SMILES string of the molecule is COc1ccc(-c2ccc(-c3cnn4c(N)c(S(C)(=O)=O)c(C5C[C@H]6CC[C@@H](C5)N6C(=O)c5nnc[nH]5)nc34)cn2)cc1C. The quantitative estimate of drug-likeness (QED) is 0.289. The monoisotopic (exact) mass is 613 g/mol. The van der Waals surface area contributed by atoms with Crippen LogP contribution in [0.4, 0.5) is 5.82 Å². The van der Waals surface area contributed by atoms with E-state index in [0.29, 0.717) is 29.7 Å². The summed E-state index contributed by atoms with van der Waals surface area (Å²) >= 11 is 0. The molecule has 1 amide bonds. The van der Waals surface area contributed by atoms with Gasteiger partial charge in [0.15, 0.2) is 15.5 Å². The fraction of sp³-hybridized carbons (Fsp3) is 0.333. The van der Waals surface area contributed by atoms with Gasteiger partial charge >= 0.3 is 0 Å². The number of carbonyl (C=O) groups excluding carboxylic acids is 1. The highest BCUT2D eigenvalue weighted by Gasteiger charge is 2.46. The number of nitrogen functional groups attached to an aromatic ring is 1. The van der Waals surface area contributed by atoms with Gasteiger partial charge in [-0.15, -0.1) is 10.2 Å². The Labute approximate surface area is 253 Å². The average molecular weight is 614 g/mol. The lowest BCUT2D eigenvalue weighted by Crippen LogP contribution is -2.46. The largest absolute Gasteiger partial charge is 0.496 e. The van der Waals surface area contributed by atoms with Crippen molar-refractivity contribution in [2.24, 2.45) is 0 Å². The molecule has 1 unspecified atom stereocenters. The van der Waals surface area contributed by atoms with Crippen molar-refractivity contribution in [1.82, 2.24) is 39.7 Å². The number of aromatic amines is 1. The summed E-state index contributed by atoms with van der Waals surface area (Å²) in [6.45, 7) is 1.98. The Balaban J connectivity index is 1.26. The van der Waals surface area contributed by atoms with Gasteiger partial charge < -0.3 is 20.4 Å². The van der Waals surface area contributed by atoms with E-state index in [1.807, 2.05) is 42.2 Å². The molecule has 2 aliphatic heterocycles. The van der Waals surface area contributed by atoms with E-state index in [2.05, 4.69) is 20.3 Å². The normalized spacial score (nSPS) is 19.9. The first-order chi connectivity index (χ1) is 21.1. The Morgan fingerprint density at radius 1 is 1.09 bits per heavy atom. The van der Waals surface area contributed by atoms with E-state index in [1.54, 1.807) is 19.5 Å². The minimum Gasteiger partial charge on any atom is -0.496 e. The first-order valence-electron chi connectivity index (χ1n) is 14.3. The molecule has 14 heteroatoms. The lowest BCUT2D eigenvalue weighted by atomic mass is 9.87. The van der Waals surface area contributed by atoms with E-state index in [0.717, 1.165) is 47.2 Å². The number of pyridine rings is 1. The van der Waals surface area contributed by atoms with Gasteiger partial charge in [-0.1, -0.05) is 6.07 Å². The van der Waals surface area contributed by atoms with Crippen LogP contribution in [0.15, 0.2) is 53.9 Å². The topological polar surface area (TPSA) is 174 Å². The number of H-pyrrole nitrogens is 1. The molecule has 0 saturated carbocycles. The number of sulfone groups is 1. The van der Waals surface area contributed by atoms with Crippen LogP contribution < -0.4 is 10.5 Å². The Bertz CT molecular complexity index is 1990. The zero-order valence-electron chi connectivity index (χ0n) is 24.4. The Kier molecular flexibility index (Phi) is 6.61. The number of aromatic nitrogens is 7. The Hall–Kier alpha value is -4.85. The molecular weight excluding hydrogens is 582 g/mol. The summed E-state index contributed by atoms with van der Waals surface area (Å²) in [6.07, 6.45) is 8.65. The van der Waals surface area contributed by atoms with Crippen molar-refractivity contribution in [2.75, 3.05) is 19.1 Å². The summed E-state index contributed by atoms with van der Waals surface area (Å²) < 4.78 is 33.0. The second kappa shape index (κ2) is 10.4. The molecule has 0 radical (unpaired) electrons. The van der Waals surface area contributed by atoms with Gasteiger partial charge in [-0.05, 0) is 62.4 Å². The molecule has 5 aromatic rings. The molecule has 4 aromatic heterocycles. The predicted molar refractivity (Wildman–Crippen MR) is 162 cm³/mol. The van der Waals surface area contributed by atoms with Gasteiger partial charge in [0, 0.05) is 47.1 Å². The van der Waals surface area contributed by atoms with Crippen molar-refractivity contribution in [3.05, 3.63) is 66.1 Å². The molecule has 7 rings (SSSR count). The molecule has 2 saturated heterocycles. The number of amides is 1. The lowest BCUT2D eigenvalue weighted by molar-refractivity contribution is 0.0556. The number of hydrogen-bond acceptors (Lipinski definition) is 10. The van der Waals surface area contributed by atoms with Crippen molar-refractivity contribution in [3.8, 4) is 28.1 Å². The molecular formula is C30H31N9O4S. The number of benzene rings is 1. The third-order valence-corrected chi connectivity index (χ3v) is 9.93. The van der Waals surface area contributed by atoms with Gasteiger partial charge in [-0.3, -0.25) is 9.78 Å². The van der Waals surface area contributed by atoms with Crippen LogP contribution in [0, 0.1) is 6.92 Å². The number of piperidine rings is 1. The van der Waals surface area contributed by atoms with E-state index in [-0.39, 0.29) is 40.4 Å². The van der Waals surface area contributed by atoms with Crippen LogP contribution in [-0.2, 0) is 9.84 Å². The molecule has 1 aromatic carbocycles. The van der Waals surface area contributed by atoms with E-state index < -0.39 is 9.84 Å². The second-order valence-corrected chi connectivity index (χ2v) is 13.4. The summed E-state index contributed by atoms with van der Waals surface area (Å²) in [5.41, 5.74) is 11.6. The molecule has 0 aliphatic carbocycles. The molecule has 13 nitrogen and oxygen atoms in total. The van der Waals surface area contributed by atoms with Crippen LogP contribution in [0.1, 0.15) is 53.5 Å². The van der Waals surface area contributed by atoms with Crippen molar-refractivity contribution in [2.45, 2.75) is 55.5 Å². The molecule has 6 heterocycles. The molecule has 0 spiro atoms. The predicted octanol–water partition coefficient (Wildman–Crippen LogP) is 3.43. The number of fused-ring (bicyclic) bond motifs is 3. The first-order valence-corrected chi connectivity index (χ1v) is 16.2. The van der Waals surface area contributed by atoms with Crippen LogP contribution in [-0.4, -0.2) is 79.4 Å². The molecule has 2 aliphatic rings. The van der Waals surface area contributed by atoms with E-state index in [9.17, 15) is 13.2 Å². The van der Waals surface area contributed by atoms with Crippen LogP contribution in [0.2, 0.25) is 0 Å². The van der Waals surface area contributed by atoms with Crippen molar-refractivity contribution >= 4 is 27.2 Å². The Morgan fingerprint density at radius 2 is 1.84 bits per heavy atom. The van der Waals surface area contributed by atoms with E-state index in [1.165, 1.54) is 10.8 Å². The fourth-order valence-electron chi connectivity index (χ4n) is 6.80. The van der Waals surface area contributed by atoms with Crippen LogP contribution in [0.5, 0.6) is 5.75 Å². The van der Waals surface area contributed by atoms with Crippen molar-refractivity contribution in [3.63, 3.8) is 0 Å². The highest BCUT2D eigenvalue weighted by Crippen LogP contribution is 2.45. The highest BCUT2D eigenvalue weighted by molar-refractivity contribution is 7.91. The number of methoxy groups -OCH3 is 1. The number of nitrogens with zero attached hydrogens (tertiary/aromatic N) is 7. The van der Waals surface area contributed by atoms with Gasteiger partial charge in [0.1, 0.15) is 22.8 Å². The molecule has 3 atom stereocenters. The van der Waals surface area contributed by atoms with E-state index >= 15 is 0 Å². The number of rotatable bonds is 6. The Morgan fingerprint density at radius 3 is 2.45 bits per heavy atom. The minimum absolute atomic E-state index is 0.0117. The maximum Gasteiger partial charge on any atom is 0.292 e. The molecule has 2 bridgehead atoms. The first kappa shape index (κ1) is 28.0. The van der Waals surface area contributed by atoms with Crippen LogP contribution in [0.25, 0.3) is 28.0 Å². The van der Waals surface area contributed by atoms with Crippen molar-refractivity contribution < 1.29 is 17.9 Å². The molecule has 44 heavy (non-hydrogen) atoms. The standard InChI is InChI=1S/C30H31N9O4S/c1-16-10-17(5-9-24(16)43-2)23-8-4-18(13-32-23)22-14-35-39-27(31)26(44(3,41)42)25(36-29(22)39)19-11-20-6-7-21(12-19)38(20)30(40)28-33-15-34-37-28/h4-5,8-10,13-15,19-21H,6-7,11-12,31H2,1-3H3,(H,33,34,37)/t19?,20-,21+. The number of aryl methyl sites for hydroxylation is 1. The average Bonchev–Trinajstić information content (AvgIpc) is 3.75. The molecule has 2 fully saturated rings. The van der Waals surface area contributed by atoms with Gasteiger partial charge in [0.25, 0.3) is 5.91 Å². The number of hydrogen-bond donors (Lipinski definition) is 2. The summed E-state index contributed by atoms with van der Waals surface area (Å²) in [7, 11) is -2.11. The number of nitrogens with one attached hydrogen (secondary N) is 1. The van der Waals surface area contributed by atoms with Crippen LogP contribution >= 0.6 is 0 Å². The van der Waals surface area contributed by atoms with Gasteiger partial charge in [0.2, 0.25) is 5.82 Å². The summed E-state index contributed by atoms with van der Waals surface area (Å²) in [6, 6.07) is 9.61. The fourth-order valence-corrected chi connectivity index (χ4v) is 7.86. The number of carbonyl (C=O) groups is 1. The smallest absolute Gasteiger partial charge is 0.292 e. The highest BCUT2D eigenvalue weighted by atomic mass is 32.2. The number of nitrogens with two attached hydrogens (primary N) is 1. The maximum absolute atomic E-state index is 13.2. The van der Waals surface area contributed by atoms with Crippen LogP contribution in [0.3, 0.4) is 0 Å². The van der Waals surface area contributed by atoms with Gasteiger partial charge in [-0.2, -0.15) is 9.61 Å². The van der Waals surface area contributed by atoms with Crippen molar-refractivity contribution in [1.29, 1.82) is 0 Å². The number of anilines is 1. The summed E-state index contributed by atoms with van der Waals surface area (Å²) in [4.78, 5) is 27.5. The summed E-state index contributed by atoms with van der Waals surface area (Å²) in [5.74, 6) is 0.615. The third-order valence-electron chi connectivity index (χ3n) is 8.77. The van der Waals surface area contributed by atoms with Gasteiger partial charge in [0.05, 0.1) is 24.7 Å². The third kappa shape index (κ3) is 4.56. The zero-order valence-corrected chi connectivity index (χ0v) is 25.2. The molecule has 3 N–H and O–H groups in total. The maximum atomic E-state index is 13.2. The van der Waals surface area contributed by atoms with Gasteiger partial charge in [-0.25, -0.2) is 13.4 Å². The number of ether oxygens (including phenoxy) is 1. The van der Waals surface area contributed by atoms with E-state index in [4.69, 9.17) is 20.4 Å². The zero-order chi connectivity index (χ0) is 30.7.